The number of hydrogen-bond donors (Lipinski definition) is 2. The van der Waals surface area contributed by atoms with E-state index in [1.54, 1.807) is 13.0 Å². The van der Waals surface area contributed by atoms with Crippen molar-refractivity contribution in [3.05, 3.63) is 46.4 Å². The molecule has 0 heterocycles. The Morgan fingerprint density at radius 3 is 2.36 bits per heavy atom. The van der Waals surface area contributed by atoms with Crippen LogP contribution in [0, 0.1) is 0 Å². The quantitative estimate of drug-likeness (QED) is 0.817. The summed E-state index contributed by atoms with van der Waals surface area (Å²) in [7, 11) is 1.28. The van der Waals surface area contributed by atoms with E-state index >= 15 is 0 Å². The van der Waals surface area contributed by atoms with Crippen LogP contribution in [-0.2, 0) is 9.53 Å². The smallest absolute Gasteiger partial charge is 0.325 e. The number of nitrogens with one attached hydrogen (secondary N) is 1. The summed E-state index contributed by atoms with van der Waals surface area (Å²) >= 11 is 3.45. The van der Waals surface area contributed by atoms with Gasteiger partial charge in [0.05, 0.1) is 7.11 Å². The Bertz CT molecular complexity index is 658. The molecule has 2 aromatic carbocycles. The predicted octanol–water partition coefficient (Wildman–Crippen LogP) is 2.50. The van der Waals surface area contributed by atoms with Crippen LogP contribution in [0.5, 0.6) is 0 Å². The largest absolute Gasteiger partial charge is 0.468 e. The van der Waals surface area contributed by atoms with Crippen molar-refractivity contribution in [3.63, 3.8) is 0 Å². The zero-order valence-electron chi connectivity index (χ0n) is 12.4. The lowest BCUT2D eigenvalue weighted by molar-refractivity contribution is -0.139. The number of methoxy groups -OCH3 is 1. The molecule has 0 radical (unpaired) electrons. The molecule has 0 aliphatic carbocycles. The van der Waals surface area contributed by atoms with Gasteiger partial charge in [-0.25, -0.2) is 0 Å². The van der Waals surface area contributed by atoms with Crippen LogP contribution in [0.2, 0.25) is 0 Å². The van der Waals surface area contributed by atoms with Gasteiger partial charge in [0.1, 0.15) is 6.54 Å². The predicted molar refractivity (Wildman–Crippen MR) is 88.8 cm³/mol. The zero-order chi connectivity index (χ0) is 16.5. The Morgan fingerprint density at radius 2 is 1.77 bits per heavy atom. The van der Waals surface area contributed by atoms with Gasteiger partial charge in [0, 0.05) is 16.6 Å². The van der Waals surface area contributed by atoms with E-state index in [4.69, 9.17) is 5.11 Å². The van der Waals surface area contributed by atoms with Crippen LogP contribution in [0.1, 0.15) is 17.3 Å². The minimum Gasteiger partial charge on any atom is -0.468 e. The highest BCUT2D eigenvalue weighted by Crippen LogP contribution is 2.26. The molecular formula is C16H18BrNO4. The molecule has 22 heavy (non-hydrogen) atoms. The van der Waals surface area contributed by atoms with Crippen molar-refractivity contribution >= 4 is 38.6 Å². The summed E-state index contributed by atoms with van der Waals surface area (Å²) in [5.74, 6) is -0.774. The van der Waals surface area contributed by atoms with Gasteiger partial charge in [-0.15, -0.1) is 0 Å². The Morgan fingerprint density at radius 1 is 1.18 bits per heavy atom. The maximum Gasteiger partial charge on any atom is 0.325 e. The van der Waals surface area contributed by atoms with Crippen molar-refractivity contribution in [1.29, 1.82) is 0 Å². The summed E-state index contributed by atoms with van der Waals surface area (Å²) in [6, 6.07) is 11.1. The van der Waals surface area contributed by atoms with Crippen molar-refractivity contribution in [2.75, 3.05) is 20.3 Å². The van der Waals surface area contributed by atoms with Crippen molar-refractivity contribution < 1.29 is 19.4 Å². The van der Waals surface area contributed by atoms with Gasteiger partial charge in [0.2, 0.25) is 0 Å². The number of rotatable bonds is 3. The van der Waals surface area contributed by atoms with Crippen molar-refractivity contribution in [1.82, 2.24) is 5.32 Å². The molecule has 0 aliphatic heterocycles. The highest BCUT2D eigenvalue weighted by Gasteiger charge is 2.12. The second-order valence-corrected chi connectivity index (χ2v) is 5.07. The normalized spacial score (nSPS) is 9.64. The number of hydrogen-bond acceptors (Lipinski definition) is 4. The third-order valence-corrected chi connectivity index (χ3v) is 3.43. The molecule has 2 aromatic rings. The average molecular weight is 368 g/mol. The van der Waals surface area contributed by atoms with E-state index in [0.717, 1.165) is 15.2 Å². The number of carbonyl (C=O) groups excluding carboxylic acids is 2. The molecule has 0 saturated heterocycles. The van der Waals surface area contributed by atoms with E-state index in [1.807, 2.05) is 30.3 Å². The van der Waals surface area contributed by atoms with Gasteiger partial charge in [-0.1, -0.05) is 40.2 Å². The van der Waals surface area contributed by atoms with Crippen LogP contribution >= 0.6 is 15.9 Å². The second-order valence-electron chi connectivity index (χ2n) is 4.22. The lowest BCUT2D eigenvalue weighted by Crippen LogP contribution is -2.30. The van der Waals surface area contributed by atoms with Crippen LogP contribution in [0.4, 0.5) is 0 Å². The molecule has 0 bridgehead atoms. The van der Waals surface area contributed by atoms with Crippen LogP contribution in [-0.4, -0.2) is 37.2 Å². The summed E-state index contributed by atoms with van der Waals surface area (Å²) in [5, 5.41) is 11.9. The summed E-state index contributed by atoms with van der Waals surface area (Å²) in [4.78, 5) is 23.1. The van der Waals surface area contributed by atoms with Gasteiger partial charge in [-0.2, -0.15) is 0 Å². The third kappa shape index (κ3) is 4.82. The number of fused-ring (bicyclic) bond motifs is 1. The number of halogens is 1. The van der Waals surface area contributed by atoms with Crippen LogP contribution in [0.25, 0.3) is 10.8 Å². The van der Waals surface area contributed by atoms with Crippen molar-refractivity contribution in [2.45, 2.75) is 6.92 Å². The molecule has 1 amide bonds. The minimum absolute atomic E-state index is 0.139. The Kier molecular flexibility index (Phi) is 7.56. The van der Waals surface area contributed by atoms with Gasteiger partial charge in [-0.05, 0) is 29.8 Å². The lowest BCUT2D eigenvalue weighted by Gasteiger charge is -2.08. The van der Waals surface area contributed by atoms with E-state index in [9.17, 15) is 9.59 Å². The maximum absolute atomic E-state index is 12.1. The lowest BCUT2D eigenvalue weighted by atomic mass is 10.0. The maximum atomic E-state index is 12.1. The number of aliphatic hydroxyl groups excluding tert-OH is 1. The molecule has 2 N–H and O–H groups in total. The first kappa shape index (κ1) is 18.1. The molecule has 0 aromatic heterocycles. The molecule has 6 heteroatoms. The first-order valence-electron chi connectivity index (χ1n) is 6.68. The number of esters is 1. The summed E-state index contributed by atoms with van der Waals surface area (Å²) in [6.45, 7) is 1.79. The molecule has 0 atom stereocenters. The van der Waals surface area contributed by atoms with E-state index in [-0.39, 0.29) is 19.1 Å². The molecule has 0 unspecified atom stereocenters. The summed E-state index contributed by atoms with van der Waals surface area (Å²) < 4.78 is 5.41. The first-order valence-corrected chi connectivity index (χ1v) is 7.47. The highest BCUT2D eigenvalue weighted by atomic mass is 79.9. The Balaban J connectivity index is 0.000000745. The molecule has 5 nitrogen and oxygen atoms in total. The first-order chi connectivity index (χ1) is 10.5. The SMILES string of the molecule is CCO.COC(=O)CNC(=O)c1ccc(Br)c2ccccc12. The Hall–Kier alpha value is -1.92. The summed E-state index contributed by atoms with van der Waals surface area (Å²) in [5.41, 5.74) is 0.530. The molecular weight excluding hydrogens is 350 g/mol. The highest BCUT2D eigenvalue weighted by molar-refractivity contribution is 9.10. The standard InChI is InChI=1S/C14H12BrNO3.C2H6O/c1-19-13(17)8-16-14(18)11-6-7-12(15)10-5-3-2-4-9(10)11;1-2-3/h2-7H,8H2,1H3,(H,16,18);3H,2H2,1H3. The van der Waals surface area contributed by atoms with E-state index in [2.05, 4.69) is 26.0 Å². The van der Waals surface area contributed by atoms with Gasteiger partial charge in [-0.3, -0.25) is 9.59 Å². The number of amides is 1. The fourth-order valence-corrected chi connectivity index (χ4v) is 2.26. The van der Waals surface area contributed by atoms with Crippen molar-refractivity contribution in [3.8, 4) is 0 Å². The second kappa shape index (κ2) is 9.17. The van der Waals surface area contributed by atoms with Gasteiger partial charge >= 0.3 is 5.97 Å². The number of benzene rings is 2. The van der Waals surface area contributed by atoms with Gasteiger partial charge in [0.15, 0.2) is 0 Å². The topological polar surface area (TPSA) is 75.6 Å². The molecule has 0 spiro atoms. The Labute approximate surface area is 137 Å². The molecule has 0 aliphatic rings. The van der Waals surface area contributed by atoms with Gasteiger partial charge < -0.3 is 15.2 Å². The van der Waals surface area contributed by atoms with Crippen LogP contribution in [0.3, 0.4) is 0 Å². The van der Waals surface area contributed by atoms with E-state index in [1.165, 1.54) is 7.11 Å². The van der Waals surface area contributed by atoms with E-state index < -0.39 is 5.97 Å². The van der Waals surface area contributed by atoms with Gasteiger partial charge in [0.25, 0.3) is 5.91 Å². The zero-order valence-corrected chi connectivity index (χ0v) is 14.0. The van der Waals surface area contributed by atoms with Crippen LogP contribution in [0.15, 0.2) is 40.9 Å². The molecule has 118 valence electrons. The van der Waals surface area contributed by atoms with Crippen molar-refractivity contribution in [2.24, 2.45) is 0 Å². The summed E-state index contributed by atoms with van der Waals surface area (Å²) in [6.07, 6.45) is 0. The van der Waals surface area contributed by atoms with E-state index in [0.29, 0.717) is 5.56 Å². The minimum atomic E-state index is -0.477. The fraction of sp³-hybridized carbons (Fsp3) is 0.250. The van der Waals surface area contributed by atoms with Crippen LogP contribution < -0.4 is 5.32 Å². The average Bonchev–Trinajstić information content (AvgIpc) is 2.53. The molecule has 2 rings (SSSR count). The third-order valence-electron chi connectivity index (χ3n) is 2.74. The molecule has 0 saturated carbocycles. The number of ether oxygens (including phenoxy) is 1. The number of carbonyl (C=O) groups is 2. The fourth-order valence-electron chi connectivity index (χ4n) is 1.78. The molecule has 0 fully saturated rings. The monoisotopic (exact) mass is 367 g/mol. The number of aliphatic hydroxyl groups is 1.